The first-order valence-corrected chi connectivity index (χ1v) is 8.34. The Hall–Kier alpha value is -1.00. The molecule has 1 N–H and O–H groups in total. The van der Waals surface area contributed by atoms with Gasteiger partial charge in [-0.1, -0.05) is 30.9 Å². The van der Waals surface area contributed by atoms with Gasteiger partial charge in [0.2, 0.25) is 0 Å². The minimum absolute atomic E-state index is 0.547. The predicted molar refractivity (Wildman–Crippen MR) is 92.2 cm³/mol. The van der Waals surface area contributed by atoms with Gasteiger partial charge in [-0.15, -0.1) is 0 Å². The van der Waals surface area contributed by atoms with Gasteiger partial charge in [0.05, 0.1) is 6.54 Å². The quantitative estimate of drug-likeness (QED) is 0.830. The largest absolute Gasteiger partial charge is 0.492 e. The van der Waals surface area contributed by atoms with Crippen LogP contribution in [0.15, 0.2) is 24.3 Å². The molecular weight excluding hydrogens is 304 g/mol. The molecule has 1 aromatic rings. The standard InChI is InChI=1S/C16H23ClN2OS/c1-19(16(21)18-14-5-3-2-4-6-14)11-12-20-15-9-7-13(17)8-10-15/h7-10,14H,2-6,11-12H2,1H3,(H,18,21). The second kappa shape index (κ2) is 8.44. The van der Waals surface area contributed by atoms with E-state index in [1.54, 1.807) is 0 Å². The number of ether oxygens (including phenoxy) is 1. The molecule has 1 saturated carbocycles. The van der Waals surface area contributed by atoms with Crippen LogP contribution in [0.5, 0.6) is 5.75 Å². The highest BCUT2D eigenvalue weighted by Crippen LogP contribution is 2.17. The minimum Gasteiger partial charge on any atom is -0.492 e. The predicted octanol–water partition coefficient (Wildman–Crippen LogP) is 3.86. The topological polar surface area (TPSA) is 24.5 Å². The zero-order valence-electron chi connectivity index (χ0n) is 12.5. The van der Waals surface area contributed by atoms with E-state index in [1.807, 2.05) is 36.2 Å². The monoisotopic (exact) mass is 326 g/mol. The van der Waals surface area contributed by atoms with Gasteiger partial charge in [0.15, 0.2) is 5.11 Å². The summed E-state index contributed by atoms with van der Waals surface area (Å²) in [4.78, 5) is 2.04. The highest BCUT2D eigenvalue weighted by atomic mass is 35.5. The average molecular weight is 327 g/mol. The van der Waals surface area contributed by atoms with Gasteiger partial charge in [0.25, 0.3) is 0 Å². The average Bonchev–Trinajstić information content (AvgIpc) is 2.50. The summed E-state index contributed by atoms with van der Waals surface area (Å²) < 4.78 is 5.68. The minimum atomic E-state index is 0.547. The number of likely N-dealkylation sites (N-methyl/N-ethyl adjacent to an activating group) is 1. The van der Waals surface area contributed by atoms with Gasteiger partial charge in [0, 0.05) is 18.1 Å². The normalized spacial score (nSPS) is 15.5. The van der Waals surface area contributed by atoms with Crippen molar-refractivity contribution in [2.45, 2.75) is 38.1 Å². The molecule has 0 bridgehead atoms. The number of hydrogen-bond donors (Lipinski definition) is 1. The molecule has 0 aromatic heterocycles. The van der Waals surface area contributed by atoms with E-state index in [2.05, 4.69) is 5.32 Å². The number of thiocarbonyl (C=S) groups is 1. The summed E-state index contributed by atoms with van der Waals surface area (Å²) in [5.74, 6) is 0.832. The molecule has 0 heterocycles. The van der Waals surface area contributed by atoms with Crippen molar-refractivity contribution >= 4 is 28.9 Å². The molecule has 0 aliphatic heterocycles. The van der Waals surface area contributed by atoms with Crippen molar-refractivity contribution in [2.75, 3.05) is 20.2 Å². The molecule has 0 saturated heterocycles. The SMILES string of the molecule is CN(CCOc1ccc(Cl)cc1)C(=S)NC1CCCCC1. The number of nitrogens with zero attached hydrogens (tertiary/aromatic N) is 1. The highest BCUT2D eigenvalue weighted by molar-refractivity contribution is 7.80. The lowest BCUT2D eigenvalue weighted by atomic mass is 9.96. The zero-order chi connectivity index (χ0) is 15.1. The van der Waals surface area contributed by atoms with Crippen LogP contribution >= 0.6 is 23.8 Å². The molecule has 0 atom stereocenters. The molecule has 116 valence electrons. The third-order valence-electron chi connectivity index (χ3n) is 3.79. The van der Waals surface area contributed by atoms with Crippen LogP contribution < -0.4 is 10.1 Å². The lowest BCUT2D eigenvalue weighted by Crippen LogP contribution is -2.44. The summed E-state index contributed by atoms with van der Waals surface area (Å²) in [6, 6.07) is 7.96. The molecule has 1 aliphatic carbocycles. The molecule has 0 unspecified atom stereocenters. The van der Waals surface area contributed by atoms with E-state index in [0.717, 1.165) is 22.4 Å². The Balaban J connectivity index is 1.67. The summed E-state index contributed by atoms with van der Waals surface area (Å²) in [5, 5.41) is 5.00. The molecule has 1 aromatic carbocycles. The van der Waals surface area contributed by atoms with Crippen molar-refractivity contribution in [1.29, 1.82) is 0 Å². The first-order chi connectivity index (χ1) is 10.1. The Bertz CT molecular complexity index is 446. The van der Waals surface area contributed by atoms with Crippen molar-refractivity contribution in [3.05, 3.63) is 29.3 Å². The number of rotatable bonds is 5. The Labute approximate surface area is 137 Å². The van der Waals surface area contributed by atoms with Crippen molar-refractivity contribution in [3.8, 4) is 5.75 Å². The van der Waals surface area contributed by atoms with Gasteiger partial charge in [0.1, 0.15) is 12.4 Å². The molecule has 0 radical (unpaired) electrons. The fraction of sp³-hybridized carbons (Fsp3) is 0.562. The van der Waals surface area contributed by atoms with Crippen LogP contribution in [0.1, 0.15) is 32.1 Å². The maximum absolute atomic E-state index is 5.84. The van der Waals surface area contributed by atoms with Gasteiger partial charge in [-0.25, -0.2) is 0 Å². The van der Waals surface area contributed by atoms with Gasteiger partial charge in [-0.3, -0.25) is 0 Å². The molecule has 0 amide bonds. The van der Waals surface area contributed by atoms with E-state index >= 15 is 0 Å². The summed E-state index contributed by atoms with van der Waals surface area (Å²) in [5.41, 5.74) is 0. The van der Waals surface area contributed by atoms with Crippen LogP contribution in [0.2, 0.25) is 5.02 Å². The molecule has 2 rings (SSSR count). The van der Waals surface area contributed by atoms with Crippen LogP contribution in [-0.4, -0.2) is 36.3 Å². The van der Waals surface area contributed by atoms with Crippen LogP contribution in [0.25, 0.3) is 0 Å². The van der Waals surface area contributed by atoms with Crippen molar-refractivity contribution in [3.63, 3.8) is 0 Å². The van der Waals surface area contributed by atoms with Gasteiger partial charge < -0.3 is 15.0 Å². The fourth-order valence-corrected chi connectivity index (χ4v) is 2.85. The maximum atomic E-state index is 5.84. The molecule has 1 fully saturated rings. The van der Waals surface area contributed by atoms with Crippen LogP contribution in [0, 0.1) is 0 Å². The first-order valence-electron chi connectivity index (χ1n) is 7.55. The summed E-state index contributed by atoms with van der Waals surface area (Å²) in [6.07, 6.45) is 6.44. The van der Waals surface area contributed by atoms with E-state index < -0.39 is 0 Å². The van der Waals surface area contributed by atoms with Gasteiger partial charge >= 0.3 is 0 Å². The number of hydrogen-bond acceptors (Lipinski definition) is 2. The molecular formula is C16H23ClN2OS. The Kier molecular flexibility index (Phi) is 6.58. The van der Waals surface area contributed by atoms with E-state index in [9.17, 15) is 0 Å². The van der Waals surface area contributed by atoms with Gasteiger partial charge in [-0.05, 0) is 49.3 Å². The first kappa shape index (κ1) is 16.4. The van der Waals surface area contributed by atoms with Crippen LogP contribution in [-0.2, 0) is 0 Å². The van der Waals surface area contributed by atoms with E-state index in [-0.39, 0.29) is 0 Å². The number of benzene rings is 1. The number of halogens is 1. The third kappa shape index (κ3) is 5.71. The van der Waals surface area contributed by atoms with Crippen LogP contribution in [0.3, 0.4) is 0 Å². The molecule has 3 nitrogen and oxygen atoms in total. The molecule has 0 spiro atoms. The fourth-order valence-electron chi connectivity index (χ4n) is 2.46. The molecule has 5 heteroatoms. The third-order valence-corrected chi connectivity index (χ3v) is 4.47. The van der Waals surface area contributed by atoms with Crippen molar-refractivity contribution in [1.82, 2.24) is 10.2 Å². The Morgan fingerprint density at radius 3 is 2.62 bits per heavy atom. The summed E-state index contributed by atoms with van der Waals surface area (Å²) in [6.45, 7) is 1.37. The Morgan fingerprint density at radius 2 is 1.95 bits per heavy atom. The van der Waals surface area contributed by atoms with Crippen molar-refractivity contribution in [2.24, 2.45) is 0 Å². The van der Waals surface area contributed by atoms with E-state index in [0.29, 0.717) is 12.6 Å². The van der Waals surface area contributed by atoms with E-state index in [4.69, 9.17) is 28.6 Å². The molecule has 1 aliphatic rings. The number of nitrogens with one attached hydrogen (secondary N) is 1. The zero-order valence-corrected chi connectivity index (χ0v) is 14.1. The second-order valence-corrected chi connectivity index (χ2v) is 6.33. The smallest absolute Gasteiger partial charge is 0.169 e. The second-order valence-electron chi connectivity index (χ2n) is 5.51. The van der Waals surface area contributed by atoms with Crippen LogP contribution in [0.4, 0.5) is 0 Å². The van der Waals surface area contributed by atoms with E-state index in [1.165, 1.54) is 32.1 Å². The van der Waals surface area contributed by atoms with Crippen molar-refractivity contribution < 1.29 is 4.74 Å². The van der Waals surface area contributed by atoms with Gasteiger partial charge in [-0.2, -0.15) is 0 Å². The summed E-state index contributed by atoms with van der Waals surface area (Å²) >= 11 is 11.3. The Morgan fingerprint density at radius 1 is 1.29 bits per heavy atom. The lowest BCUT2D eigenvalue weighted by molar-refractivity contribution is 0.280. The molecule has 21 heavy (non-hydrogen) atoms. The lowest BCUT2D eigenvalue weighted by Gasteiger charge is -2.28. The maximum Gasteiger partial charge on any atom is 0.169 e. The highest BCUT2D eigenvalue weighted by Gasteiger charge is 2.15. The summed E-state index contributed by atoms with van der Waals surface area (Å²) in [7, 11) is 2.00.